The number of fused-ring (bicyclic) bond motifs is 1. The number of amides is 1. The molecule has 1 heterocycles. The van der Waals surface area contributed by atoms with E-state index in [1.54, 1.807) is 6.07 Å². The van der Waals surface area contributed by atoms with Gasteiger partial charge in [-0.25, -0.2) is 8.42 Å². The van der Waals surface area contributed by atoms with Gasteiger partial charge in [0.1, 0.15) is 0 Å². The highest BCUT2D eigenvalue weighted by Crippen LogP contribution is 2.37. The van der Waals surface area contributed by atoms with Crippen LogP contribution in [0.1, 0.15) is 12.5 Å². The van der Waals surface area contributed by atoms with Gasteiger partial charge in [-0.05, 0) is 36.4 Å². The predicted molar refractivity (Wildman–Crippen MR) is 97.4 cm³/mol. The summed E-state index contributed by atoms with van der Waals surface area (Å²) >= 11 is 1.50. The summed E-state index contributed by atoms with van der Waals surface area (Å²) in [6, 6.07) is 8.27. The maximum absolute atomic E-state index is 12.8. The molecule has 27 heavy (non-hydrogen) atoms. The monoisotopic (exact) mass is 416 g/mol. The van der Waals surface area contributed by atoms with Gasteiger partial charge >= 0.3 is 6.18 Å². The van der Waals surface area contributed by atoms with Gasteiger partial charge in [-0.2, -0.15) is 13.2 Å². The topological polar surface area (TPSA) is 66.5 Å². The van der Waals surface area contributed by atoms with Crippen LogP contribution < -0.4 is 9.62 Å². The van der Waals surface area contributed by atoms with E-state index in [0.29, 0.717) is 18.0 Å². The molecule has 0 saturated heterocycles. The lowest BCUT2D eigenvalue weighted by Gasteiger charge is -2.28. The highest BCUT2D eigenvalue weighted by Gasteiger charge is 2.31. The van der Waals surface area contributed by atoms with E-state index in [2.05, 4.69) is 4.72 Å². The molecule has 0 aliphatic carbocycles. The van der Waals surface area contributed by atoms with E-state index in [4.69, 9.17) is 0 Å². The number of anilines is 2. The Morgan fingerprint density at radius 3 is 2.59 bits per heavy atom. The van der Waals surface area contributed by atoms with Gasteiger partial charge in [0.15, 0.2) is 0 Å². The molecule has 10 heteroatoms. The zero-order valence-electron chi connectivity index (χ0n) is 14.1. The lowest BCUT2D eigenvalue weighted by Crippen LogP contribution is -2.33. The number of halogens is 3. The third kappa shape index (κ3) is 4.22. The summed E-state index contributed by atoms with van der Waals surface area (Å²) in [4.78, 5) is 13.9. The van der Waals surface area contributed by atoms with Crippen LogP contribution in [0.3, 0.4) is 0 Å². The van der Waals surface area contributed by atoms with Gasteiger partial charge in [0.2, 0.25) is 5.91 Å². The Hall–Kier alpha value is -2.20. The van der Waals surface area contributed by atoms with Gasteiger partial charge in [0, 0.05) is 29.8 Å². The minimum Gasteiger partial charge on any atom is -0.311 e. The highest BCUT2D eigenvalue weighted by atomic mass is 32.2. The molecule has 0 radical (unpaired) electrons. The number of thioether (sulfide) groups is 1. The van der Waals surface area contributed by atoms with E-state index in [1.807, 2.05) is 0 Å². The van der Waals surface area contributed by atoms with Crippen molar-refractivity contribution in [3.8, 4) is 0 Å². The van der Waals surface area contributed by atoms with Crippen molar-refractivity contribution in [3.05, 3.63) is 48.0 Å². The highest BCUT2D eigenvalue weighted by molar-refractivity contribution is 7.99. The number of nitrogens with one attached hydrogen (secondary N) is 1. The number of benzene rings is 2. The standard InChI is InChI=1S/C17H15F3N2O3S2/c1-11(23)22-7-8-26-16-6-5-14(10-15(16)22)27(24,25)21-13-4-2-3-12(9-13)17(18,19)20/h2-6,9-10,21H,7-8H2,1H3. The zero-order valence-corrected chi connectivity index (χ0v) is 15.7. The first kappa shape index (κ1) is 19.6. The van der Waals surface area contributed by atoms with Gasteiger partial charge in [0.05, 0.1) is 16.1 Å². The molecular formula is C17H15F3N2O3S2. The van der Waals surface area contributed by atoms with E-state index < -0.39 is 21.8 Å². The largest absolute Gasteiger partial charge is 0.416 e. The molecule has 2 aromatic rings. The number of hydrogen-bond acceptors (Lipinski definition) is 4. The number of hydrogen-bond donors (Lipinski definition) is 1. The van der Waals surface area contributed by atoms with E-state index in [9.17, 15) is 26.4 Å². The number of rotatable bonds is 3. The molecule has 1 amide bonds. The van der Waals surface area contributed by atoms with Gasteiger partial charge in [0.25, 0.3) is 10.0 Å². The van der Waals surface area contributed by atoms with Crippen molar-refractivity contribution in [2.45, 2.75) is 22.9 Å². The Bertz CT molecular complexity index is 991. The number of sulfonamides is 1. The second kappa shape index (κ2) is 7.08. The van der Waals surface area contributed by atoms with E-state index in [-0.39, 0.29) is 16.5 Å². The number of nitrogens with zero attached hydrogens (tertiary/aromatic N) is 1. The average Bonchev–Trinajstić information content (AvgIpc) is 2.59. The van der Waals surface area contributed by atoms with Crippen molar-refractivity contribution >= 4 is 39.1 Å². The summed E-state index contributed by atoms with van der Waals surface area (Å²) in [7, 11) is -4.12. The van der Waals surface area contributed by atoms with Crippen molar-refractivity contribution < 1.29 is 26.4 Å². The van der Waals surface area contributed by atoms with E-state index >= 15 is 0 Å². The quantitative estimate of drug-likeness (QED) is 0.823. The normalized spacial score (nSPS) is 14.6. The molecule has 0 unspecified atom stereocenters. The van der Waals surface area contributed by atoms with Crippen molar-refractivity contribution in [2.75, 3.05) is 21.9 Å². The molecule has 144 valence electrons. The number of carbonyl (C=O) groups is 1. The third-order valence-corrected chi connectivity index (χ3v) is 6.35. The fourth-order valence-corrected chi connectivity index (χ4v) is 4.71. The lowest BCUT2D eigenvalue weighted by atomic mass is 10.2. The predicted octanol–water partition coefficient (Wildman–Crippen LogP) is 3.96. The fraction of sp³-hybridized carbons (Fsp3) is 0.235. The molecule has 1 aliphatic rings. The molecule has 0 saturated carbocycles. The smallest absolute Gasteiger partial charge is 0.311 e. The Labute approximate surface area is 158 Å². The van der Waals surface area contributed by atoms with Gasteiger partial charge in [-0.1, -0.05) is 6.07 Å². The lowest BCUT2D eigenvalue weighted by molar-refractivity contribution is -0.137. The van der Waals surface area contributed by atoms with Gasteiger partial charge in [-0.15, -0.1) is 11.8 Å². The first-order valence-corrected chi connectivity index (χ1v) is 10.3. The molecule has 0 aromatic heterocycles. The second-order valence-electron chi connectivity index (χ2n) is 5.83. The maximum atomic E-state index is 12.8. The SMILES string of the molecule is CC(=O)N1CCSc2ccc(S(=O)(=O)Nc3cccc(C(F)(F)F)c3)cc21. The van der Waals surface area contributed by atoms with Crippen LogP contribution in [0.25, 0.3) is 0 Å². The van der Waals surface area contributed by atoms with Crippen LogP contribution >= 0.6 is 11.8 Å². The second-order valence-corrected chi connectivity index (χ2v) is 8.65. The Morgan fingerprint density at radius 1 is 1.19 bits per heavy atom. The van der Waals surface area contributed by atoms with Crippen molar-refractivity contribution in [1.82, 2.24) is 0 Å². The number of alkyl halides is 3. The van der Waals surface area contributed by atoms with Crippen LogP contribution in [-0.2, 0) is 21.0 Å². The molecule has 5 nitrogen and oxygen atoms in total. The maximum Gasteiger partial charge on any atom is 0.416 e. The Kier molecular flexibility index (Phi) is 5.13. The van der Waals surface area contributed by atoms with Gasteiger partial charge in [-0.3, -0.25) is 9.52 Å². The Balaban J connectivity index is 1.94. The van der Waals surface area contributed by atoms with Crippen LogP contribution in [0.15, 0.2) is 52.3 Å². The third-order valence-electron chi connectivity index (χ3n) is 3.93. The molecule has 2 aromatic carbocycles. The molecular weight excluding hydrogens is 401 g/mol. The van der Waals surface area contributed by atoms with Gasteiger partial charge < -0.3 is 4.90 Å². The van der Waals surface area contributed by atoms with Crippen LogP contribution in [0.5, 0.6) is 0 Å². The van der Waals surface area contributed by atoms with Crippen LogP contribution in [-0.4, -0.2) is 26.6 Å². The molecule has 0 spiro atoms. The van der Waals surface area contributed by atoms with Crippen LogP contribution in [0.2, 0.25) is 0 Å². The molecule has 1 aliphatic heterocycles. The van der Waals surface area contributed by atoms with Crippen molar-refractivity contribution in [1.29, 1.82) is 0 Å². The van der Waals surface area contributed by atoms with Crippen LogP contribution in [0.4, 0.5) is 24.5 Å². The summed E-state index contributed by atoms with van der Waals surface area (Å²) in [6.45, 7) is 1.85. The summed E-state index contributed by atoms with van der Waals surface area (Å²) < 4.78 is 65.8. The molecule has 3 rings (SSSR count). The first-order chi connectivity index (χ1) is 12.6. The molecule has 0 bridgehead atoms. The molecule has 0 fully saturated rings. The van der Waals surface area contributed by atoms with E-state index in [0.717, 1.165) is 23.1 Å². The summed E-state index contributed by atoms with van der Waals surface area (Å²) in [5.41, 5.74) is -0.668. The minimum absolute atomic E-state index is 0.132. The van der Waals surface area contributed by atoms with Crippen molar-refractivity contribution in [3.63, 3.8) is 0 Å². The number of carbonyl (C=O) groups excluding carboxylic acids is 1. The minimum atomic E-state index is -4.58. The van der Waals surface area contributed by atoms with Crippen LogP contribution in [0, 0.1) is 0 Å². The summed E-state index contributed by atoms with van der Waals surface area (Å²) in [5.74, 6) is 0.484. The first-order valence-electron chi connectivity index (χ1n) is 7.83. The molecule has 1 N–H and O–H groups in total. The fourth-order valence-electron chi connectivity index (χ4n) is 2.66. The zero-order chi connectivity index (χ0) is 19.8. The van der Waals surface area contributed by atoms with E-state index in [1.165, 1.54) is 41.8 Å². The Morgan fingerprint density at radius 2 is 1.93 bits per heavy atom. The summed E-state index contributed by atoms with van der Waals surface area (Å²) in [6.07, 6.45) is -4.58. The van der Waals surface area contributed by atoms with Crippen molar-refractivity contribution in [2.24, 2.45) is 0 Å². The summed E-state index contributed by atoms with van der Waals surface area (Å²) in [5, 5.41) is 0. The average molecular weight is 416 g/mol. The molecule has 0 atom stereocenters.